The topological polar surface area (TPSA) is 84.0 Å². The predicted octanol–water partition coefficient (Wildman–Crippen LogP) is 1.52. The van der Waals surface area contributed by atoms with Gasteiger partial charge in [-0.15, -0.1) is 24.0 Å². The fraction of sp³-hybridized carbons (Fsp3) is 0.882. The van der Waals surface area contributed by atoms with Crippen LogP contribution in [0.25, 0.3) is 0 Å². The van der Waals surface area contributed by atoms with Crippen LogP contribution in [0.2, 0.25) is 0 Å². The van der Waals surface area contributed by atoms with Gasteiger partial charge in [0.2, 0.25) is 5.91 Å². The second-order valence-electron chi connectivity index (χ2n) is 7.00. The van der Waals surface area contributed by atoms with Crippen molar-refractivity contribution in [3.05, 3.63) is 0 Å². The van der Waals surface area contributed by atoms with Crippen LogP contribution in [0.4, 0.5) is 0 Å². The monoisotopic (exact) mass is 470 g/mol. The van der Waals surface area contributed by atoms with Crippen LogP contribution in [0.5, 0.6) is 0 Å². The largest absolute Gasteiger partial charge is 0.379 e. The van der Waals surface area contributed by atoms with E-state index in [4.69, 9.17) is 9.47 Å². The van der Waals surface area contributed by atoms with Crippen molar-refractivity contribution in [3.8, 4) is 0 Å². The Morgan fingerprint density at radius 1 is 1.20 bits per heavy atom. The van der Waals surface area contributed by atoms with Crippen molar-refractivity contribution in [2.75, 3.05) is 46.5 Å². The number of guanidine groups is 1. The van der Waals surface area contributed by atoms with Gasteiger partial charge in [-0.05, 0) is 19.3 Å². The number of carbonyl (C=O) groups is 1. The average molecular weight is 470 g/mol. The number of nitrogens with zero attached hydrogens (tertiary/aromatic N) is 1. The van der Waals surface area contributed by atoms with Crippen LogP contribution in [0.3, 0.4) is 0 Å². The van der Waals surface area contributed by atoms with E-state index in [2.05, 4.69) is 20.9 Å². The second-order valence-corrected chi connectivity index (χ2v) is 7.00. The van der Waals surface area contributed by atoms with E-state index in [1.807, 2.05) is 20.8 Å². The zero-order valence-electron chi connectivity index (χ0n) is 16.0. The van der Waals surface area contributed by atoms with Crippen molar-refractivity contribution in [2.45, 2.75) is 46.1 Å². The number of halogens is 1. The van der Waals surface area contributed by atoms with E-state index in [-0.39, 0.29) is 41.4 Å². The minimum absolute atomic E-state index is 0. The van der Waals surface area contributed by atoms with Crippen molar-refractivity contribution in [3.63, 3.8) is 0 Å². The molecule has 7 nitrogen and oxygen atoms in total. The van der Waals surface area contributed by atoms with Gasteiger partial charge in [-0.25, -0.2) is 0 Å². The standard InChI is InChI=1S/C17H34N4O3.HI/c1-17(2,3)15(22)19-9-10-21-16(18-4)20-8-6-11-23-13-14-7-5-12-24-14;/h14H,5-13H2,1-4H3,(H,19,22)(H2,18,20,21);1H. The molecule has 0 bridgehead atoms. The van der Waals surface area contributed by atoms with Crippen molar-refractivity contribution in [1.29, 1.82) is 0 Å². The second kappa shape index (κ2) is 13.6. The first-order chi connectivity index (χ1) is 11.4. The number of hydrogen-bond donors (Lipinski definition) is 3. The first-order valence-corrected chi connectivity index (χ1v) is 8.85. The minimum Gasteiger partial charge on any atom is -0.379 e. The molecule has 0 aliphatic carbocycles. The highest BCUT2D eigenvalue weighted by Gasteiger charge is 2.20. The maximum absolute atomic E-state index is 11.7. The first kappa shape index (κ1) is 24.4. The summed E-state index contributed by atoms with van der Waals surface area (Å²) < 4.78 is 11.1. The van der Waals surface area contributed by atoms with E-state index in [0.29, 0.717) is 26.3 Å². The fourth-order valence-electron chi connectivity index (χ4n) is 2.21. The number of aliphatic imine (C=N–C) groups is 1. The van der Waals surface area contributed by atoms with E-state index >= 15 is 0 Å². The molecule has 8 heteroatoms. The van der Waals surface area contributed by atoms with E-state index < -0.39 is 0 Å². The number of rotatable bonds is 9. The van der Waals surface area contributed by atoms with Crippen LogP contribution >= 0.6 is 24.0 Å². The van der Waals surface area contributed by atoms with Gasteiger partial charge in [0, 0.05) is 45.3 Å². The highest BCUT2D eigenvalue weighted by molar-refractivity contribution is 14.0. The van der Waals surface area contributed by atoms with E-state index in [9.17, 15) is 4.79 Å². The summed E-state index contributed by atoms with van der Waals surface area (Å²) in [5, 5.41) is 9.30. The van der Waals surface area contributed by atoms with Crippen LogP contribution in [-0.2, 0) is 14.3 Å². The predicted molar refractivity (Wildman–Crippen MR) is 112 cm³/mol. The molecule has 1 atom stereocenters. The molecule has 1 amide bonds. The Balaban J connectivity index is 0.00000576. The van der Waals surface area contributed by atoms with E-state index in [0.717, 1.165) is 38.4 Å². The quantitative estimate of drug-likeness (QED) is 0.206. The zero-order valence-corrected chi connectivity index (χ0v) is 18.4. The van der Waals surface area contributed by atoms with E-state index in [1.54, 1.807) is 7.05 Å². The van der Waals surface area contributed by atoms with E-state index in [1.165, 1.54) is 0 Å². The summed E-state index contributed by atoms with van der Waals surface area (Å²) in [6.45, 7) is 9.98. The van der Waals surface area contributed by atoms with Crippen molar-refractivity contribution >= 4 is 35.8 Å². The van der Waals surface area contributed by atoms with Gasteiger partial charge in [-0.3, -0.25) is 9.79 Å². The van der Waals surface area contributed by atoms with Crippen molar-refractivity contribution in [2.24, 2.45) is 10.4 Å². The maximum atomic E-state index is 11.7. The van der Waals surface area contributed by atoms with Gasteiger partial charge >= 0.3 is 0 Å². The third-order valence-corrected chi connectivity index (χ3v) is 3.69. The Hall–Kier alpha value is -0.610. The van der Waals surface area contributed by atoms with Crippen molar-refractivity contribution in [1.82, 2.24) is 16.0 Å². The molecule has 0 aromatic carbocycles. The molecule has 1 heterocycles. The number of amides is 1. The number of nitrogens with one attached hydrogen (secondary N) is 3. The average Bonchev–Trinajstić information content (AvgIpc) is 3.04. The maximum Gasteiger partial charge on any atom is 0.225 e. The lowest BCUT2D eigenvalue weighted by molar-refractivity contribution is -0.128. The summed E-state index contributed by atoms with van der Waals surface area (Å²) in [7, 11) is 1.73. The molecule has 0 saturated carbocycles. The molecule has 0 radical (unpaired) electrons. The van der Waals surface area contributed by atoms with Gasteiger partial charge in [-0.1, -0.05) is 20.8 Å². The number of ether oxygens (including phenoxy) is 2. The van der Waals surface area contributed by atoms with Crippen LogP contribution in [0.15, 0.2) is 4.99 Å². The smallest absolute Gasteiger partial charge is 0.225 e. The molecule has 0 spiro atoms. The Labute approximate surface area is 169 Å². The molecule has 0 aromatic heterocycles. The first-order valence-electron chi connectivity index (χ1n) is 8.85. The summed E-state index contributed by atoms with van der Waals surface area (Å²) in [5.41, 5.74) is -0.358. The van der Waals surface area contributed by atoms with Gasteiger partial charge in [0.25, 0.3) is 0 Å². The lowest BCUT2D eigenvalue weighted by atomic mass is 9.96. The van der Waals surface area contributed by atoms with Crippen LogP contribution in [0.1, 0.15) is 40.0 Å². The van der Waals surface area contributed by atoms with Gasteiger partial charge in [0.05, 0.1) is 12.7 Å². The molecule has 1 aliphatic rings. The summed E-state index contributed by atoms with van der Waals surface area (Å²) in [6, 6.07) is 0. The van der Waals surface area contributed by atoms with Gasteiger partial charge in [-0.2, -0.15) is 0 Å². The zero-order chi connectivity index (χ0) is 17.8. The van der Waals surface area contributed by atoms with Crippen LogP contribution in [0, 0.1) is 5.41 Å². The lowest BCUT2D eigenvalue weighted by Crippen LogP contribution is -2.43. The molecule has 148 valence electrons. The summed E-state index contributed by atoms with van der Waals surface area (Å²) in [5.74, 6) is 0.787. The molecular weight excluding hydrogens is 435 g/mol. The van der Waals surface area contributed by atoms with Gasteiger partial charge < -0.3 is 25.4 Å². The normalized spacial score (nSPS) is 17.8. The third-order valence-electron chi connectivity index (χ3n) is 3.69. The van der Waals surface area contributed by atoms with Gasteiger partial charge in [0.1, 0.15) is 0 Å². The SMILES string of the molecule is CN=C(NCCCOCC1CCCO1)NCCNC(=O)C(C)(C)C.I. The highest BCUT2D eigenvalue weighted by Crippen LogP contribution is 2.12. The Kier molecular flexibility index (Phi) is 13.2. The Bertz CT molecular complexity index is 394. The molecule has 3 N–H and O–H groups in total. The van der Waals surface area contributed by atoms with Crippen LogP contribution in [-0.4, -0.2) is 64.5 Å². The molecule has 1 fully saturated rings. The van der Waals surface area contributed by atoms with Crippen LogP contribution < -0.4 is 16.0 Å². The lowest BCUT2D eigenvalue weighted by Gasteiger charge is -2.18. The number of carbonyl (C=O) groups excluding carboxylic acids is 1. The Morgan fingerprint density at radius 2 is 1.88 bits per heavy atom. The van der Waals surface area contributed by atoms with Crippen molar-refractivity contribution < 1.29 is 14.3 Å². The highest BCUT2D eigenvalue weighted by atomic mass is 127. The fourth-order valence-corrected chi connectivity index (χ4v) is 2.21. The Morgan fingerprint density at radius 3 is 2.48 bits per heavy atom. The molecule has 1 aliphatic heterocycles. The molecule has 1 unspecified atom stereocenters. The van der Waals surface area contributed by atoms with Gasteiger partial charge in [0.15, 0.2) is 5.96 Å². The number of hydrogen-bond acceptors (Lipinski definition) is 4. The summed E-state index contributed by atoms with van der Waals surface area (Å²) >= 11 is 0. The summed E-state index contributed by atoms with van der Waals surface area (Å²) in [4.78, 5) is 15.9. The molecule has 1 saturated heterocycles. The molecular formula is C17H35IN4O3. The summed E-state index contributed by atoms with van der Waals surface area (Å²) in [6.07, 6.45) is 3.46. The molecule has 25 heavy (non-hydrogen) atoms. The minimum atomic E-state index is -0.358. The third kappa shape index (κ3) is 11.6. The molecule has 0 aromatic rings. The molecule has 1 rings (SSSR count).